The molecular weight excluding hydrogens is 212 g/mol. The Morgan fingerprint density at radius 1 is 1.12 bits per heavy atom. The van der Waals surface area contributed by atoms with Gasteiger partial charge in [-0.05, 0) is 38.0 Å². The second-order valence-electron chi connectivity index (χ2n) is 3.97. The lowest BCUT2D eigenvalue weighted by Crippen LogP contribution is -2.35. The molecule has 0 bridgehead atoms. The van der Waals surface area contributed by atoms with E-state index in [9.17, 15) is 4.79 Å². The van der Waals surface area contributed by atoms with Crippen molar-refractivity contribution in [1.82, 2.24) is 4.90 Å². The zero-order valence-electron chi connectivity index (χ0n) is 11.0. The third kappa shape index (κ3) is 4.10. The van der Waals surface area contributed by atoms with Crippen LogP contribution in [0.1, 0.15) is 26.3 Å². The van der Waals surface area contributed by atoms with E-state index < -0.39 is 0 Å². The van der Waals surface area contributed by atoms with Gasteiger partial charge in [0.15, 0.2) is 0 Å². The highest BCUT2D eigenvalue weighted by Crippen LogP contribution is 2.09. The number of rotatable bonds is 6. The first kappa shape index (κ1) is 13.6. The molecule has 0 spiro atoms. The topological polar surface area (TPSA) is 32.3 Å². The number of amides is 1. The minimum atomic E-state index is 0.148. The molecule has 0 fully saturated rings. The van der Waals surface area contributed by atoms with E-state index >= 15 is 0 Å². The van der Waals surface area contributed by atoms with Crippen molar-refractivity contribution >= 4 is 11.6 Å². The van der Waals surface area contributed by atoms with E-state index in [-0.39, 0.29) is 5.91 Å². The average molecular weight is 234 g/mol. The normalized spacial score (nSPS) is 10.1. The number of nitrogens with one attached hydrogen (secondary N) is 1. The molecular formula is C14H22N2O. The van der Waals surface area contributed by atoms with Crippen LogP contribution in [-0.2, 0) is 11.2 Å². The summed E-state index contributed by atoms with van der Waals surface area (Å²) in [5, 5.41) is 3.15. The van der Waals surface area contributed by atoms with Gasteiger partial charge in [-0.1, -0.05) is 19.1 Å². The molecule has 0 saturated carbocycles. The molecule has 0 aromatic heterocycles. The van der Waals surface area contributed by atoms with E-state index in [4.69, 9.17) is 0 Å². The summed E-state index contributed by atoms with van der Waals surface area (Å²) in [7, 11) is 0. The molecule has 1 aromatic rings. The number of hydrogen-bond donors (Lipinski definition) is 1. The molecule has 3 heteroatoms. The third-order valence-corrected chi connectivity index (χ3v) is 2.92. The average Bonchev–Trinajstić information content (AvgIpc) is 2.38. The molecule has 0 aliphatic heterocycles. The highest BCUT2D eigenvalue weighted by Gasteiger charge is 2.08. The molecule has 3 nitrogen and oxygen atoms in total. The molecule has 17 heavy (non-hydrogen) atoms. The van der Waals surface area contributed by atoms with E-state index in [2.05, 4.69) is 24.4 Å². The van der Waals surface area contributed by atoms with E-state index in [0.717, 1.165) is 25.2 Å². The van der Waals surface area contributed by atoms with Gasteiger partial charge in [-0.2, -0.15) is 0 Å². The van der Waals surface area contributed by atoms with Gasteiger partial charge in [0, 0.05) is 18.8 Å². The van der Waals surface area contributed by atoms with Crippen molar-refractivity contribution in [2.75, 3.05) is 25.0 Å². The smallest absolute Gasteiger partial charge is 0.241 e. The first-order chi connectivity index (χ1) is 8.21. The molecule has 0 saturated heterocycles. The van der Waals surface area contributed by atoms with Gasteiger partial charge in [-0.15, -0.1) is 0 Å². The largest absolute Gasteiger partial charge is 0.376 e. The van der Waals surface area contributed by atoms with Gasteiger partial charge >= 0.3 is 0 Å². The lowest BCUT2D eigenvalue weighted by atomic mass is 10.1. The van der Waals surface area contributed by atoms with E-state index in [1.165, 1.54) is 5.56 Å². The summed E-state index contributed by atoms with van der Waals surface area (Å²) < 4.78 is 0. The van der Waals surface area contributed by atoms with Gasteiger partial charge in [-0.25, -0.2) is 0 Å². The first-order valence-corrected chi connectivity index (χ1v) is 6.31. The molecule has 0 radical (unpaired) electrons. The number of carbonyl (C=O) groups excluding carboxylic acids is 1. The summed E-state index contributed by atoms with van der Waals surface area (Å²) in [6, 6.07) is 8.22. The molecule has 1 aromatic carbocycles. The quantitative estimate of drug-likeness (QED) is 0.820. The Hall–Kier alpha value is -1.51. The predicted molar refractivity (Wildman–Crippen MR) is 72.2 cm³/mol. The Bertz CT molecular complexity index is 342. The Morgan fingerprint density at radius 3 is 2.18 bits per heavy atom. The monoisotopic (exact) mass is 234 g/mol. The van der Waals surface area contributed by atoms with Gasteiger partial charge in [0.25, 0.3) is 0 Å². The van der Waals surface area contributed by atoms with Crippen molar-refractivity contribution in [3.05, 3.63) is 29.8 Å². The second-order valence-corrected chi connectivity index (χ2v) is 3.97. The van der Waals surface area contributed by atoms with Crippen molar-refractivity contribution in [2.24, 2.45) is 0 Å². The van der Waals surface area contributed by atoms with Crippen LogP contribution in [0.2, 0.25) is 0 Å². The number of likely N-dealkylation sites (N-methyl/N-ethyl adjacent to an activating group) is 1. The summed E-state index contributed by atoms with van der Waals surface area (Å²) in [6.07, 6.45) is 1.04. The fourth-order valence-corrected chi connectivity index (χ4v) is 1.72. The van der Waals surface area contributed by atoms with Crippen LogP contribution in [0.3, 0.4) is 0 Å². The second kappa shape index (κ2) is 6.94. The highest BCUT2D eigenvalue weighted by atomic mass is 16.2. The molecule has 0 atom stereocenters. The van der Waals surface area contributed by atoms with Gasteiger partial charge in [-0.3, -0.25) is 4.79 Å². The summed E-state index contributed by atoms with van der Waals surface area (Å²) in [5.74, 6) is 0.148. The SMILES string of the molecule is CCc1ccc(NCC(=O)N(CC)CC)cc1. The van der Waals surface area contributed by atoms with E-state index in [0.29, 0.717) is 6.54 Å². The molecule has 0 heterocycles. The summed E-state index contributed by atoms with van der Waals surface area (Å²) in [5.41, 5.74) is 2.31. The first-order valence-electron chi connectivity index (χ1n) is 6.31. The van der Waals surface area contributed by atoms with Gasteiger partial charge in [0.2, 0.25) is 5.91 Å². The summed E-state index contributed by atoms with van der Waals surface area (Å²) >= 11 is 0. The highest BCUT2D eigenvalue weighted by molar-refractivity contribution is 5.80. The lowest BCUT2D eigenvalue weighted by molar-refractivity contribution is -0.128. The van der Waals surface area contributed by atoms with Crippen LogP contribution in [0.4, 0.5) is 5.69 Å². The van der Waals surface area contributed by atoms with Gasteiger partial charge < -0.3 is 10.2 Å². The van der Waals surface area contributed by atoms with Crippen molar-refractivity contribution in [1.29, 1.82) is 0 Å². The van der Waals surface area contributed by atoms with Crippen molar-refractivity contribution in [2.45, 2.75) is 27.2 Å². The number of aryl methyl sites for hydroxylation is 1. The van der Waals surface area contributed by atoms with E-state index in [1.54, 1.807) is 0 Å². The van der Waals surface area contributed by atoms with Gasteiger partial charge in [0.05, 0.1) is 6.54 Å². The molecule has 0 unspecified atom stereocenters. The molecule has 1 N–H and O–H groups in total. The predicted octanol–water partition coefficient (Wildman–Crippen LogP) is 2.53. The number of nitrogens with zero attached hydrogens (tertiary/aromatic N) is 1. The number of carbonyl (C=O) groups is 1. The summed E-state index contributed by atoms with van der Waals surface area (Å²) in [4.78, 5) is 13.6. The maximum atomic E-state index is 11.8. The summed E-state index contributed by atoms with van der Waals surface area (Å²) in [6.45, 7) is 8.03. The molecule has 0 aliphatic carbocycles. The minimum absolute atomic E-state index is 0.148. The number of anilines is 1. The standard InChI is InChI=1S/C14H22N2O/c1-4-12-7-9-13(10-8-12)15-11-14(17)16(5-2)6-3/h7-10,15H,4-6,11H2,1-3H3. The maximum Gasteiger partial charge on any atom is 0.241 e. The third-order valence-electron chi connectivity index (χ3n) is 2.92. The van der Waals surface area contributed by atoms with Crippen LogP contribution < -0.4 is 5.32 Å². The van der Waals surface area contributed by atoms with Crippen molar-refractivity contribution in [3.63, 3.8) is 0 Å². The molecule has 0 aliphatic rings. The fraction of sp³-hybridized carbons (Fsp3) is 0.500. The number of benzene rings is 1. The molecule has 1 rings (SSSR count). The van der Waals surface area contributed by atoms with Crippen LogP contribution in [0, 0.1) is 0 Å². The minimum Gasteiger partial charge on any atom is -0.376 e. The molecule has 94 valence electrons. The van der Waals surface area contributed by atoms with Crippen LogP contribution in [0.15, 0.2) is 24.3 Å². The maximum absolute atomic E-state index is 11.8. The lowest BCUT2D eigenvalue weighted by Gasteiger charge is -2.19. The zero-order chi connectivity index (χ0) is 12.7. The fourth-order valence-electron chi connectivity index (χ4n) is 1.72. The van der Waals surface area contributed by atoms with Crippen LogP contribution >= 0.6 is 0 Å². The van der Waals surface area contributed by atoms with Gasteiger partial charge in [0.1, 0.15) is 0 Å². The number of hydrogen-bond acceptors (Lipinski definition) is 2. The van der Waals surface area contributed by atoms with Crippen LogP contribution in [0.5, 0.6) is 0 Å². The Labute approximate surface area is 104 Å². The van der Waals surface area contributed by atoms with Crippen LogP contribution in [-0.4, -0.2) is 30.4 Å². The Kier molecular flexibility index (Phi) is 5.53. The Balaban J connectivity index is 2.46. The zero-order valence-corrected chi connectivity index (χ0v) is 11.0. The molecule has 1 amide bonds. The van der Waals surface area contributed by atoms with E-state index in [1.807, 2.05) is 30.9 Å². The van der Waals surface area contributed by atoms with Crippen LogP contribution in [0.25, 0.3) is 0 Å². The van der Waals surface area contributed by atoms with Crippen molar-refractivity contribution in [3.8, 4) is 0 Å². The van der Waals surface area contributed by atoms with Crippen molar-refractivity contribution < 1.29 is 4.79 Å². The Morgan fingerprint density at radius 2 is 1.71 bits per heavy atom.